The number of rotatable bonds is 2. The van der Waals surface area contributed by atoms with Gasteiger partial charge in [-0.05, 0) is 12.1 Å². The molecule has 1 aromatic heterocycles. The van der Waals surface area contributed by atoms with Crippen LogP contribution in [0.5, 0.6) is 0 Å². The Morgan fingerprint density at radius 1 is 1.21 bits per heavy atom. The molecule has 0 aliphatic carbocycles. The molecule has 72 valence electrons. The van der Waals surface area contributed by atoms with E-state index < -0.39 is 0 Å². The normalized spacial score (nSPS) is 10.7. The van der Waals surface area contributed by atoms with Gasteiger partial charge in [0, 0.05) is 22.4 Å². The lowest BCUT2D eigenvalue weighted by molar-refractivity contribution is 0.492. The number of pyridine rings is 1. The molecule has 2 aromatic rings. The Labute approximate surface area is 87.4 Å². The molecule has 0 spiro atoms. The summed E-state index contributed by atoms with van der Waals surface area (Å²) in [7, 11) is 0. The molecule has 0 atom stereocenters. The highest BCUT2D eigenvalue weighted by molar-refractivity contribution is 7.80. The predicted octanol–water partition coefficient (Wildman–Crippen LogP) is 3.04. The number of para-hydroxylation sites is 1. The van der Waals surface area contributed by atoms with Crippen molar-refractivity contribution in [2.75, 3.05) is 6.67 Å². The van der Waals surface area contributed by atoms with Gasteiger partial charge in [-0.3, -0.25) is 9.37 Å². The zero-order valence-electron chi connectivity index (χ0n) is 7.57. The maximum atomic E-state index is 12.1. The molecule has 0 unspecified atom stereocenters. The number of nitrogens with zero attached hydrogens (tertiary/aromatic N) is 1. The summed E-state index contributed by atoms with van der Waals surface area (Å²) >= 11 is 4.31. The van der Waals surface area contributed by atoms with Crippen LogP contribution in [0.15, 0.2) is 35.2 Å². The highest BCUT2D eigenvalue weighted by atomic mass is 32.1. The first-order valence-corrected chi connectivity index (χ1v) is 4.89. The first-order valence-electron chi connectivity index (χ1n) is 4.45. The second-order valence-corrected chi connectivity index (χ2v) is 3.57. The molecule has 0 aliphatic heterocycles. The number of hydrogen-bond donors (Lipinski definition) is 1. The zero-order chi connectivity index (χ0) is 9.97. The second kappa shape index (κ2) is 3.96. The Balaban J connectivity index is 2.58. The molecule has 14 heavy (non-hydrogen) atoms. The fourth-order valence-corrected chi connectivity index (χ4v) is 1.67. The third-order valence-corrected chi connectivity index (χ3v) is 2.47. The minimum absolute atomic E-state index is 0.368. The van der Waals surface area contributed by atoms with Crippen molar-refractivity contribution < 1.29 is 4.39 Å². The molecule has 1 nitrogen and oxygen atoms in total. The van der Waals surface area contributed by atoms with Crippen LogP contribution >= 0.6 is 12.6 Å². The van der Waals surface area contributed by atoms with Crippen LogP contribution in [0.4, 0.5) is 4.39 Å². The summed E-state index contributed by atoms with van der Waals surface area (Å²) < 4.78 is 12.1. The SMILES string of the molecule is FCCc1ccc2cccc(S)c2n1. The van der Waals surface area contributed by atoms with Crippen LogP contribution in [0.2, 0.25) is 0 Å². The summed E-state index contributed by atoms with van der Waals surface area (Å²) in [5, 5.41) is 1.04. The fraction of sp³-hybridized carbons (Fsp3) is 0.182. The fourth-order valence-electron chi connectivity index (χ4n) is 1.41. The summed E-state index contributed by atoms with van der Waals surface area (Å²) in [6.07, 6.45) is 0.373. The maximum absolute atomic E-state index is 12.1. The van der Waals surface area contributed by atoms with Gasteiger partial charge in [-0.2, -0.15) is 0 Å². The number of aromatic nitrogens is 1. The van der Waals surface area contributed by atoms with Gasteiger partial charge in [0.1, 0.15) is 0 Å². The van der Waals surface area contributed by atoms with Crippen LogP contribution in [0.25, 0.3) is 10.9 Å². The third-order valence-electron chi connectivity index (χ3n) is 2.11. The summed E-state index contributed by atoms with van der Waals surface area (Å²) in [6.45, 7) is -0.368. The van der Waals surface area contributed by atoms with Crippen molar-refractivity contribution in [3.8, 4) is 0 Å². The van der Waals surface area contributed by atoms with E-state index in [9.17, 15) is 4.39 Å². The smallest absolute Gasteiger partial charge is 0.0949 e. The summed E-state index contributed by atoms with van der Waals surface area (Å²) in [5.41, 5.74) is 1.63. The average Bonchev–Trinajstić information content (AvgIpc) is 2.20. The highest BCUT2D eigenvalue weighted by Crippen LogP contribution is 2.20. The van der Waals surface area contributed by atoms with E-state index in [2.05, 4.69) is 17.6 Å². The van der Waals surface area contributed by atoms with Gasteiger partial charge in [0.15, 0.2) is 0 Å². The Kier molecular flexibility index (Phi) is 2.68. The van der Waals surface area contributed by atoms with Gasteiger partial charge >= 0.3 is 0 Å². The molecule has 0 saturated carbocycles. The van der Waals surface area contributed by atoms with E-state index in [1.807, 2.05) is 30.3 Å². The molecule has 1 aromatic carbocycles. The van der Waals surface area contributed by atoms with E-state index in [4.69, 9.17) is 0 Å². The standard InChI is InChI=1S/C11H10FNS/c12-7-6-9-5-4-8-2-1-3-10(14)11(8)13-9/h1-5,14H,6-7H2. The quantitative estimate of drug-likeness (QED) is 0.747. The van der Waals surface area contributed by atoms with Gasteiger partial charge in [0.25, 0.3) is 0 Å². The lowest BCUT2D eigenvalue weighted by Crippen LogP contribution is -1.92. The molecule has 0 amide bonds. The summed E-state index contributed by atoms with van der Waals surface area (Å²) in [6, 6.07) is 9.60. The minimum Gasteiger partial charge on any atom is -0.252 e. The van der Waals surface area contributed by atoms with Gasteiger partial charge < -0.3 is 0 Å². The van der Waals surface area contributed by atoms with Crippen LogP contribution < -0.4 is 0 Å². The van der Waals surface area contributed by atoms with Gasteiger partial charge in [-0.15, -0.1) is 12.6 Å². The first-order chi connectivity index (χ1) is 6.81. The highest BCUT2D eigenvalue weighted by Gasteiger charge is 2.00. The van der Waals surface area contributed by atoms with Crippen molar-refractivity contribution in [1.82, 2.24) is 4.98 Å². The van der Waals surface area contributed by atoms with E-state index in [-0.39, 0.29) is 6.67 Å². The Morgan fingerprint density at radius 2 is 2.07 bits per heavy atom. The van der Waals surface area contributed by atoms with Crippen molar-refractivity contribution >= 4 is 23.5 Å². The van der Waals surface area contributed by atoms with E-state index in [0.717, 1.165) is 21.5 Å². The van der Waals surface area contributed by atoms with Crippen molar-refractivity contribution in [2.24, 2.45) is 0 Å². The first kappa shape index (κ1) is 9.46. The maximum Gasteiger partial charge on any atom is 0.0949 e. The summed E-state index contributed by atoms with van der Waals surface area (Å²) in [5.74, 6) is 0. The van der Waals surface area contributed by atoms with Crippen LogP contribution in [-0.2, 0) is 6.42 Å². The van der Waals surface area contributed by atoms with Gasteiger partial charge in [-0.1, -0.05) is 18.2 Å². The molecule has 0 bridgehead atoms. The topological polar surface area (TPSA) is 12.9 Å². The van der Waals surface area contributed by atoms with Crippen LogP contribution in [0.1, 0.15) is 5.69 Å². The van der Waals surface area contributed by atoms with E-state index in [1.165, 1.54) is 0 Å². The molecular formula is C11H10FNS. The van der Waals surface area contributed by atoms with Crippen LogP contribution in [0.3, 0.4) is 0 Å². The Hall–Kier alpha value is -1.09. The monoisotopic (exact) mass is 207 g/mol. The van der Waals surface area contributed by atoms with Gasteiger partial charge in [0.2, 0.25) is 0 Å². The predicted molar refractivity (Wildman–Crippen MR) is 58.7 cm³/mol. The Morgan fingerprint density at radius 3 is 2.86 bits per heavy atom. The number of halogens is 1. The summed E-state index contributed by atoms with van der Waals surface area (Å²) in [4.78, 5) is 5.18. The van der Waals surface area contributed by atoms with Crippen molar-refractivity contribution in [2.45, 2.75) is 11.3 Å². The largest absolute Gasteiger partial charge is 0.252 e. The average molecular weight is 207 g/mol. The molecule has 3 heteroatoms. The molecular weight excluding hydrogens is 197 g/mol. The number of benzene rings is 1. The third kappa shape index (κ3) is 1.73. The van der Waals surface area contributed by atoms with Crippen molar-refractivity contribution in [3.63, 3.8) is 0 Å². The molecule has 1 heterocycles. The number of alkyl halides is 1. The lowest BCUT2D eigenvalue weighted by atomic mass is 10.2. The van der Waals surface area contributed by atoms with E-state index in [0.29, 0.717) is 6.42 Å². The molecule has 0 saturated heterocycles. The van der Waals surface area contributed by atoms with E-state index >= 15 is 0 Å². The van der Waals surface area contributed by atoms with Gasteiger partial charge in [0.05, 0.1) is 12.2 Å². The zero-order valence-corrected chi connectivity index (χ0v) is 8.47. The lowest BCUT2D eigenvalue weighted by Gasteiger charge is -2.02. The van der Waals surface area contributed by atoms with Crippen molar-refractivity contribution in [3.05, 3.63) is 36.0 Å². The van der Waals surface area contributed by atoms with Crippen molar-refractivity contribution in [1.29, 1.82) is 0 Å². The minimum atomic E-state index is -0.368. The van der Waals surface area contributed by atoms with Crippen LogP contribution in [-0.4, -0.2) is 11.7 Å². The molecule has 0 aliphatic rings. The second-order valence-electron chi connectivity index (χ2n) is 3.09. The number of fused-ring (bicyclic) bond motifs is 1. The Bertz CT molecular complexity index is 456. The molecule has 2 rings (SSSR count). The molecule has 0 radical (unpaired) electrons. The number of aryl methyl sites for hydroxylation is 1. The number of thiol groups is 1. The number of hydrogen-bond acceptors (Lipinski definition) is 2. The van der Waals surface area contributed by atoms with E-state index in [1.54, 1.807) is 0 Å². The molecule has 0 fully saturated rings. The van der Waals surface area contributed by atoms with Crippen LogP contribution in [0, 0.1) is 0 Å². The molecule has 0 N–H and O–H groups in total. The van der Waals surface area contributed by atoms with Gasteiger partial charge in [-0.25, -0.2) is 0 Å².